The van der Waals surface area contributed by atoms with Crippen molar-refractivity contribution in [2.45, 2.75) is 25.9 Å². The number of hydrogen-bond donors (Lipinski definition) is 1. The number of pyridine rings is 1. The van der Waals surface area contributed by atoms with Gasteiger partial charge in [0.1, 0.15) is 22.8 Å². The van der Waals surface area contributed by atoms with Gasteiger partial charge in [0.15, 0.2) is 0 Å². The Hall–Kier alpha value is -2.12. The summed E-state index contributed by atoms with van der Waals surface area (Å²) in [5.74, 6) is 0.752. The van der Waals surface area contributed by atoms with Crippen molar-refractivity contribution in [1.29, 1.82) is 0 Å². The van der Waals surface area contributed by atoms with Crippen molar-refractivity contribution >= 4 is 16.7 Å². The fourth-order valence-electron chi connectivity index (χ4n) is 3.09. The summed E-state index contributed by atoms with van der Waals surface area (Å²) < 4.78 is 27.6. The van der Waals surface area contributed by atoms with Crippen LogP contribution in [-0.4, -0.2) is 34.3 Å². The van der Waals surface area contributed by atoms with Crippen LogP contribution in [0.3, 0.4) is 0 Å². The second-order valence-corrected chi connectivity index (χ2v) is 7.64. The van der Waals surface area contributed by atoms with Crippen LogP contribution in [-0.2, 0) is 22.8 Å². The van der Waals surface area contributed by atoms with E-state index in [1.807, 2.05) is 24.3 Å². The molecule has 0 radical (unpaired) electrons. The van der Waals surface area contributed by atoms with Crippen molar-refractivity contribution in [3.8, 4) is 16.9 Å². The lowest BCUT2D eigenvalue weighted by Crippen LogP contribution is -2.26. The van der Waals surface area contributed by atoms with Crippen LogP contribution in [0.2, 0.25) is 0 Å². The number of nitrogens with zero attached hydrogens (tertiary/aromatic N) is 1. The molecule has 1 aliphatic heterocycles. The molecule has 1 N–H and O–H groups in total. The zero-order valence-electron chi connectivity index (χ0n) is 15.3. The number of ether oxygens (including phenoxy) is 2. The van der Waals surface area contributed by atoms with Gasteiger partial charge in [-0.05, 0) is 31.2 Å². The van der Waals surface area contributed by atoms with E-state index in [2.05, 4.69) is 4.72 Å². The van der Waals surface area contributed by atoms with E-state index in [0.717, 1.165) is 35.4 Å². The summed E-state index contributed by atoms with van der Waals surface area (Å²) in [6.07, 6.45) is 5.20. The minimum atomic E-state index is -1.17. The molecule has 0 saturated carbocycles. The Morgan fingerprint density at radius 3 is 2.65 bits per heavy atom. The van der Waals surface area contributed by atoms with Crippen LogP contribution in [0.15, 0.2) is 35.3 Å². The average molecular weight is 376 g/mol. The maximum absolute atomic E-state index is 12.0. The van der Waals surface area contributed by atoms with Crippen molar-refractivity contribution in [3.63, 3.8) is 0 Å². The largest absolute Gasteiger partial charge is 0.490 e. The Labute approximate surface area is 155 Å². The van der Waals surface area contributed by atoms with Gasteiger partial charge in [-0.15, -0.1) is 0 Å². The topological polar surface area (TPSA) is 69.6 Å². The molecule has 1 unspecified atom stereocenters. The van der Waals surface area contributed by atoms with E-state index in [4.69, 9.17) is 9.47 Å². The van der Waals surface area contributed by atoms with Gasteiger partial charge in [0.2, 0.25) is 0 Å². The third-order valence-corrected chi connectivity index (χ3v) is 4.90. The molecule has 1 aromatic heterocycles. The van der Waals surface area contributed by atoms with Gasteiger partial charge < -0.3 is 18.8 Å². The predicted molar refractivity (Wildman–Crippen MR) is 104 cm³/mol. The molecule has 0 aliphatic carbocycles. The predicted octanol–water partition coefficient (Wildman–Crippen LogP) is 2.62. The molecule has 6 nitrogen and oxygen atoms in total. The highest BCUT2D eigenvalue weighted by Gasteiger charge is 2.18. The van der Waals surface area contributed by atoms with Crippen molar-refractivity contribution in [3.05, 3.63) is 46.4 Å². The first-order valence-electron chi connectivity index (χ1n) is 8.60. The van der Waals surface area contributed by atoms with Gasteiger partial charge >= 0.3 is 0 Å². The Bertz CT molecular complexity index is 846. The van der Waals surface area contributed by atoms with Gasteiger partial charge in [0.05, 0.1) is 13.2 Å². The Morgan fingerprint density at radius 2 is 2.00 bits per heavy atom. The van der Waals surface area contributed by atoms with E-state index in [9.17, 15) is 9.00 Å². The first-order chi connectivity index (χ1) is 12.4. The minimum Gasteiger partial charge on any atom is -0.490 e. The monoisotopic (exact) mass is 376 g/mol. The summed E-state index contributed by atoms with van der Waals surface area (Å²) in [5, 5.41) is 0. The smallest absolute Gasteiger partial charge is 0.253 e. The normalized spacial score (nSPS) is 16.3. The van der Waals surface area contributed by atoms with Gasteiger partial charge in [0.25, 0.3) is 5.56 Å². The van der Waals surface area contributed by atoms with Crippen LogP contribution in [0.1, 0.15) is 18.4 Å². The number of aromatic nitrogens is 1. The lowest BCUT2D eigenvalue weighted by atomic mass is 10.0. The summed E-state index contributed by atoms with van der Waals surface area (Å²) >= 11 is 0. The molecule has 1 fully saturated rings. The molecule has 0 amide bonds. The standard InChI is InChI=1S/C19H24N2O4S/c1-13-10-14(12-21(2)19(13)22)17-11-15(20-26(3)23)4-5-18(17)25-16-6-8-24-9-7-16/h4-5,10-12,16,20H,6-9H2,1-3H3. The quantitative estimate of drug-likeness (QED) is 0.871. The molecule has 2 aromatic rings. The van der Waals surface area contributed by atoms with Crippen LogP contribution in [0.5, 0.6) is 5.75 Å². The van der Waals surface area contributed by atoms with Crippen LogP contribution in [0, 0.1) is 6.92 Å². The maximum atomic E-state index is 12.0. The fraction of sp³-hybridized carbons (Fsp3) is 0.421. The van der Waals surface area contributed by atoms with Gasteiger partial charge in [-0.1, -0.05) is 0 Å². The molecule has 1 saturated heterocycles. The van der Waals surface area contributed by atoms with E-state index in [1.54, 1.807) is 31.0 Å². The summed E-state index contributed by atoms with van der Waals surface area (Å²) in [6, 6.07) is 7.52. The highest BCUT2D eigenvalue weighted by Crippen LogP contribution is 2.34. The highest BCUT2D eigenvalue weighted by atomic mass is 32.2. The molecule has 2 heterocycles. The van der Waals surface area contributed by atoms with Gasteiger partial charge in [0, 0.05) is 54.7 Å². The molecule has 7 heteroatoms. The first-order valence-corrected chi connectivity index (χ1v) is 10.2. The zero-order chi connectivity index (χ0) is 18.7. The number of aryl methyl sites for hydroxylation is 2. The minimum absolute atomic E-state index is 0.0235. The van der Waals surface area contributed by atoms with Crippen molar-refractivity contribution in [1.82, 2.24) is 4.57 Å². The van der Waals surface area contributed by atoms with Crippen LogP contribution in [0.25, 0.3) is 11.1 Å². The molecule has 1 atom stereocenters. The highest BCUT2D eigenvalue weighted by molar-refractivity contribution is 7.85. The lowest BCUT2D eigenvalue weighted by molar-refractivity contribution is 0.0258. The summed E-state index contributed by atoms with van der Waals surface area (Å²) in [4.78, 5) is 12.0. The third kappa shape index (κ3) is 4.34. The maximum Gasteiger partial charge on any atom is 0.253 e. The Kier molecular flexibility index (Phi) is 5.78. The van der Waals surface area contributed by atoms with Gasteiger partial charge in [-0.25, -0.2) is 4.21 Å². The first kappa shape index (κ1) is 18.7. The average Bonchev–Trinajstić information content (AvgIpc) is 2.61. The second kappa shape index (κ2) is 8.05. The molecule has 1 aliphatic rings. The fourth-order valence-corrected chi connectivity index (χ4v) is 3.55. The molecular weight excluding hydrogens is 352 g/mol. The van der Waals surface area contributed by atoms with Gasteiger partial charge in [-0.3, -0.25) is 4.79 Å². The Balaban J connectivity index is 2.03. The van der Waals surface area contributed by atoms with Crippen LogP contribution in [0.4, 0.5) is 5.69 Å². The molecular formula is C19H24N2O4S. The number of anilines is 1. The van der Waals surface area contributed by atoms with Crippen LogP contribution < -0.4 is 15.0 Å². The van der Waals surface area contributed by atoms with Crippen molar-refractivity contribution < 1.29 is 13.7 Å². The van der Waals surface area contributed by atoms with Crippen molar-refractivity contribution in [2.75, 3.05) is 24.2 Å². The van der Waals surface area contributed by atoms with Crippen LogP contribution >= 0.6 is 0 Å². The van der Waals surface area contributed by atoms with E-state index in [1.165, 1.54) is 0 Å². The van der Waals surface area contributed by atoms with Gasteiger partial charge in [-0.2, -0.15) is 0 Å². The number of rotatable bonds is 5. The molecule has 140 valence electrons. The van der Waals surface area contributed by atoms with E-state index < -0.39 is 11.0 Å². The summed E-state index contributed by atoms with van der Waals surface area (Å²) in [5.41, 5.74) is 3.14. The number of hydrogen-bond acceptors (Lipinski definition) is 4. The molecule has 26 heavy (non-hydrogen) atoms. The van der Waals surface area contributed by atoms with E-state index in [-0.39, 0.29) is 11.7 Å². The summed E-state index contributed by atoms with van der Waals surface area (Å²) in [7, 11) is 0.568. The SMILES string of the molecule is Cc1cc(-c2cc(NS(C)=O)ccc2OC2CCOCC2)cn(C)c1=O. The summed E-state index contributed by atoms with van der Waals surface area (Å²) in [6.45, 7) is 3.20. The Morgan fingerprint density at radius 1 is 1.27 bits per heavy atom. The lowest BCUT2D eigenvalue weighted by Gasteiger charge is -2.25. The third-order valence-electron chi connectivity index (χ3n) is 4.38. The van der Waals surface area contributed by atoms with E-state index >= 15 is 0 Å². The number of benzene rings is 1. The van der Waals surface area contributed by atoms with E-state index in [0.29, 0.717) is 18.8 Å². The van der Waals surface area contributed by atoms with Crippen molar-refractivity contribution in [2.24, 2.45) is 7.05 Å². The number of nitrogens with one attached hydrogen (secondary N) is 1. The molecule has 1 aromatic carbocycles. The second-order valence-electron chi connectivity index (χ2n) is 6.52. The molecule has 3 rings (SSSR count). The molecule has 0 spiro atoms. The molecule has 0 bridgehead atoms. The zero-order valence-corrected chi connectivity index (χ0v) is 16.1.